The molecule has 1 aliphatic heterocycles. The van der Waals surface area contributed by atoms with Gasteiger partial charge in [0.1, 0.15) is 0 Å². The van der Waals surface area contributed by atoms with Crippen molar-refractivity contribution in [1.29, 1.82) is 0 Å². The van der Waals surface area contributed by atoms with Crippen molar-refractivity contribution in [3.05, 3.63) is 40.5 Å². The Balaban J connectivity index is 1.69. The summed E-state index contributed by atoms with van der Waals surface area (Å²) in [6, 6.07) is 6.33. The number of benzene rings is 1. The van der Waals surface area contributed by atoms with Crippen molar-refractivity contribution < 1.29 is 0 Å². The molecule has 0 amide bonds. The van der Waals surface area contributed by atoms with E-state index in [0.29, 0.717) is 6.04 Å². The Kier molecular flexibility index (Phi) is 3.08. The molecule has 2 aliphatic rings. The standard InChI is InChI=1S/C16H17ClN4/c17-12-1-2-14-10(8-12)7-11-9-19-16(20-15(11)14)21-5-3-13(18)4-6-21/h1-2,8-9,13H,3-7,18H2. The third kappa shape index (κ3) is 2.28. The van der Waals surface area contributed by atoms with Crippen LogP contribution in [0.3, 0.4) is 0 Å². The second kappa shape index (κ2) is 4.97. The van der Waals surface area contributed by atoms with Crippen LogP contribution in [-0.4, -0.2) is 29.1 Å². The third-order valence-corrected chi connectivity index (χ3v) is 4.61. The van der Waals surface area contributed by atoms with Crippen LogP contribution in [0.2, 0.25) is 5.02 Å². The van der Waals surface area contributed by atoms with Crippen LogP contribution in [0.1, 0.15) is 24.0 Å². The van der Waals surface area contributed by atoms with Crippen molar-refractivity contribution in [3.8, 4) is 11.3 Å². The van der Waals surface area contributed by atoms with Gasteiger partial charge in [-0.25, -0.2) is 9.97 Å². The van der Waals surface area contributed by atoms with E-state index in [0.717, 1.165) is 49.0 Å². The first-order valence-electron chi connectivity index (χ1n) is 7.36. The topological polar surface area (TPSA) is 55.0 Å². The molecule has 1 saturated heterocycles. The van der Waals surface area contributed by atoms with E-state index in [1.165, 1.54) is 16.7 Å². The number of fused-ring (bicyclic) bond motifs is 3. The highest BCUT2D eigenvalue weighted by molar-refractivity contribution is 6.30. The van der Waals surface area contributed by atoms with Gasteiger partial charge in [-0.05, 0) is 30.5 Å². The quantitative estimate of drug-likeness (QED) is 0.750. The molecule has 1 fully saturated rings. The van der Waals surface area contributed by atoms with Crippen LogP contribution in [0.25, 0.3) is 11.3 Å². The molecule has 21 heavy (non-hydrogen) atoms. The summed E-state index contributed by atoms with van der Waals surface area (Å²) in [6.45, 7) is 1.88. The van der Waals surface area contributed by atoms with E-state index in [-0.39, 0.29) is 0 Å². The molecule has 4 nitrogen and oxygen atoms in total. The number of halogens is 1. The number of anilines is 1. The lowest BCUT2D eigenvalue weighted by Crippen LogP contribution is -2.40. The third-order valence-electron chi connectivity index (χ3n) is 4.38. The molecular weight excluding hydrogens is 284 g/mol. The van der Waals surface area contributed by atoms with Gasteiger partial charge in [0.2, 0.25) is 5.95 Å². The molecule has 0 atom stereocenters. The lowest BCUT2D eigenvalue weighted by molar-refractivity contribution is 0.495. The highest BCUT2D eigenvalue weighted by atomic mass is 35.5. The molecule has 0 bridgehead atoms. The average molecular weight is 301 g/mol. The number of aromatic nitrogens is 2. The van der Waals surface area contributed by atoms with Crippen LogP contribution in [0.5, 0.6) is 0 Å². The zero-order valence-electron chi connectivity index (χ0n) is 11.7. The summed E-state index contributed by atoms with van der Waals surface area (Å²) in [7, 11) is 0. The van der Waals surface area contributed by atoms with Crippen molar-refractivity contribution in [2.75, 3.05) is 18.0 Å². The van der Waals surface area contributed by atoms with Gasteiger partial charge < -0.3 is 10.6 Å². The zero-order valence-corrected chi connectivity index (χ0v) is 12.5. The van der Waals surface area contributed by atoms with Gasteiger partial charge in [0.25, 0.3) is 0 Å². The SMILES string of the molecule is NC1CCN(c2ncc3c(n2)-c2ccc(Cl)cc2C3)CC1. The molecule has 1 aromatic carbocycles. The van der Waals surface area contributed by atoms with Crippen LogP contribution >= 0.6 is 11.6 Å². The van der Waals surface area contributed by atoms with Crippen LogP contribution in [0.15, 0.2) is 24.4 Å². The van der Waals surface area contributed by atoms with Crippen molar-refractivity contribution in [2.24, 2.45) is 5.73 Å². The molecule has 0 unspecified atom stereocenters. The summed E-state index contributed by atoms with van der Waals surface area (Å²) in [5, 5.41) is 0.778. The van der Waals surface area contributed by atoms with Gasteiger partial charge in [-0.3, -0.25) is 0 Å². The Morgan fingerprint density at radius 1 is 1.19 bits per heavy atom. The first-order valence-corrected chi connectivity index (χ1v) is 7.74. The molecule has 1 aromatic heterocycles. The van der Waals surface area contributed by atoms with E-state index in [1.54, 1.807) is 0 Å². The summed E-state index contributed by atoms with van der Waals surface area (Å²) >= 11 is 6.08. The minimum Gasteiger partial charge on any atom is -0.341 e. The predicted molar refractivity (Wildman–Crippen MR) is 84.7 cm³/mol. The Hall–Kier alpha value is -1.65. The molecule has 2 aromatic rings. The summed E-state index contributed by atoms with van der Waals surface area (Å²) in [5.41, 5.74) is 10.6. The van der Waals surface area contributed by atoms with Crippen LogP contribution < -0.4 is 10.6 Å². The number of nitrogens with two attached hydrogens (primary N) is 1. The molecule has 2 heterocycles. The molecule has 0 radical (unpaired) electrons. The number of hydrogen-bond donors (Lipinski definition) is 1. The molecule has 1 aliphatic carbocycles. The van der Waals surface area contributed by atoms with Gasteiger partial charge in [-0.2, -0.15) is 0 Å². The largest absolute Gasteiger partial charge is 0.341 e. The van der Waals surface area contributed by atoms with Crippen molar-refractivity contribution in [3.63, 3.8) is 0 Å². The Morgan fingerprint density at radius 2 is 2.00 bits per heavy atom. The Morgan fingerprint density at radius 3 is 2.81 bits per heavy atom. The summed E-state index contributed by atoms with van der Waals surface area (Å²) in [5.74, 6) is 0.823. The molecular formula is C16H17ClN4. The average Bonchev–Trinajstić information content (AvgIpc) is 2.84. The summed E-state index contributed by atoms with van der Waals surface area (Å²) < 4.78 is 0. The second-order valence-electron chi connectivity index (χ2n) is 5.85. The van der Waals surface area contributed by atoms with Gasteiger partial charge in [0, 0.05) is 47.9 Å². The van der Waals surface area contributed by atoms with Crippen LogP contribution in [-0.2, 0) is 6.42 Å². The van der Waals surface area contributed by atoms with Crippen molar-refractivity contribution in [2.45, 2.75) is 25.3 Å². The number of piperidine rings is 1. The van der Waals surface area contributed by atoms with E-state index in [9.17, 15) is 0 Å². The number of nitrogens with zero attached hydrogens (tertiary/aromatic N) is 3. The van der Waals surface area contributed by atoms with Crippen molar-refractivity contribution >= 4 is 17.5 Å². The normalized spacial score (nSPS) is 17.7. The van der Waals surface area contributed by atoms with Crippen molar-refractivity contribution in [1.82, 2.24) is 9.97 Å². The molecule has 4 rings (SSSR count). The molecule has 5 heteroatoms. The van der Waals surface area contributed by atoms with E-state index in [4.69, 9.17) is 22.3 Å². The van der Waals surface area contributed by atoms with Gasteiger partial charge in [0.15, 0.2) is 0 Å². The molecule has 0 spiro atoms. The fourth-order valence-electron chi connectivity index (χ4n) is 3.16. The molecule has 108 valence electrons. The maximum absolute atomic E-state index is 6.08. The Labute approximate surface area is 129 Å². The van der Waals surface area contributed by atoms with E-state index in [1.807, 2.05) is 18.3 Å². The molecule has 2 N–H and O–H groups in total. The Bertz CT molecular complexity index is 693. The maximum Gasteiger partial charge on any atom is 0.225 e. The van der Waals surface area contributed by atoms with E-state index in [2.05, 4.69) is 16.0 Å². The number of hydrogen-bond acceptors (Lipinski definition) is 4. The lowest BCUT2D eigenvalue weighted by Gasteiger charge is -2.30. The first-order chi connectivity index (χ1) is 10.2. The van der Waals surface area contributed by atoms with Gasteiger partial charge in [-0.1, -0.05) is 17.7 Å². The van der Waals surface area contributed by atoms with Crippen LogP contribution in [0, 0.1) is 0 Å². The minimum atomic E-state index is 0.318. The summed E-state index contributed by atoms with van der Waals surface area (Å²) in [4.78, 5) is 11.6. The maximum atomic E-state index is 6.08. The van der Waals surface area contributed by atoms with E-state index < -0.39 is 0 Å². The fourth-order valence-corrected chi connectivity index (χ4v) is 3.35. The second-order valence-corrected chi connectivity index (χ2v) is 6.28. The predicted octanol–water partition coefficient (Wildman–Crippen LogP) is 2.63. The van der Waals surface area contributed by atoms with E-state index >= 15 is 0 Å². The smallest absolute Gasteiger partial charge is 0.225 e. The molecule has 0 saturated carbocycles. The highest BCUT2D eigenvalue weighted by Gasteiger charge is 2.24. The first kappa shape index (κ1) is 13.0. The van der Waals surface area contributed by atoms with Crippen LogP contribution in [0.4, 0.5) is 5.95 Å². The lowest BCUT2D eigenvalue weighted by atomic mass is 10.1. The summed E-state index contributed by atoms with van der Waals surface area (Å²) in [6.07, 6.45) is 4.84. The van der Waals surface area contributed by atoms with Gasteiger partial charge in [-0.15, -0.1) is 0 Å². The van der Waals surface area contributed by atoms with Gasteiger partial charge >= 0.3 is 0 Å². The zero-order chi connectivity index (χ0) is 14.4. The highest BCUT2D eigenvalue weighted by Crippen LogP contribution is 2.37. The minimum absolute atomic E-state index is 0.318. The van der Waals surface area contributed by atoms with Gasteiger partial charge in [0.05, 0.1) is 5.69 Å². The monoisotopic (exact) mass is 300 g/mol. The fraction of sp³-hybridized carbons (Fsp3) is 0.375. The number of rotatable bonds is 1.